The first-order valence-corrected chi connectivity index (χ1v) is 9.49. The van der Waals surface area contributed by atoms with E-state index in [4.69, 9.17) is 5.14 Å². The summed E-state index contributed by atoms with van der Waals surface area (Å²) >= 11 is 0. The molecule has 7 heteroatoms. The number of piperidine rings is 1. The average molecular weight is 340 g/mol. The number of nitrogens with one attached hydrogen (secondary N) is 2. The monoisotopic (exact) mass is 340 g/mol. The summed E-state index contributed by atoms with van der Waals surface area (Å²) in [5, 5.41) is 7.91. The summed E-state index contributed by atoms with van der Waals surface area (Å²) in [6, 6.07) is 5.77. The number of hydrogen-bond acceptors (Lipinski definition) is 3. The number of benzene rings is 1. The standard InChI is InChI=1S/C16H25N3O3S/c1-11-8-12(2)10-19(9-11)13(3)16(20)18-14-4-6-15(7-5-14)23(17,21)22/h4-7,11-13H,8-10H2,1-3H3,(H,18,20)(H2,17,21,22)/p+1/t11-,12+,13-/m0/s1. The first kappa shape index (κ1) is 17.9. The lowest BCUT2D eigenvalue weighted by molar-refractivity contribution is -0.925. The van der Waals surface area contributed by atoms with Gasteiger partial charge >= 0.3 is 0 Å². The Morgan fingerprint density at radius 1 is 1.22 bits per heavy atom. The number of anilines is 1. The molecule has 0 spiro atoms. The van der Waals surface area contributed by atoms with E-state index in [0.29, 0.717) is 17.5 Å². The van der Waals surface area contributed by atoms with Crippen LogP contribution in [0.3, 0.4) is 0 Å². The van der Waals surface area contributed by atoms with Crippen LogP contribution < -0.4 is 15.4 Å². The van der Waals surface area contributed by atoms with Gasteiger partial charge in [0.1, 0.15) is 0 Å². The van der Waals surface area contributed by atoms with E-state index in [-0.39, 0.29) is 16.8 Å². The molecule has 1 amide bonds. The van der Waals surface area contributed by atoms with Gasteiger partial charge in [0, 0.05) is 17.5 Å². The van der Waals surface area contributed by atoms with Crippen LogP contribution in [0, 0.1) is 11.8 Å². The van der Waals surface area contributed by atoms with Crippen molar-refractivity contribution < 1.29 is 18.1 Å². The Kier molecular flexibility index (Phi) is 5.44. The molecule has 23 heavy (non-hydrogen) atoms. The SMILES string of the molecule is C[C@@H]1C[C@H](C)C[NH+]([C@@H](C)C(=O)Nc2ccc(S(N)(=O)=O)cc2)C1. The first-order valence-electron chi connectivity index (χ1n) is 7.95. The van der Waals surface area contributed by atoms with Gasteiger partial charge in [0.25, 0.3) is 5.91 Å². The van der Waals surface area contributed by atoms with Crippen LogP contribution in [0.5, 0.6) is 0 Å². The second-order valence-corrected chi connectivity index (χ2v) is 8.35. The van der Waals surface area contributed by atoms with Gasteiger partial charge in [-0.2, -0.15) is 0 Å². The summed E-state index contributed by atoms with van der Waals surface area (Å²) in [5.41, 5.74) is 0.576. The molecule has 1 aliphatic heterocycles. The van der Waals surface area contributed by atoms with E-state index in [9.17, 15) is 13.2 Å². The summed E-state index contributed by atoms with van der Waals surface area (Å²) < 4.78 is 22.5. The average Bonchev–Trinajstić information content (AvgIpc) is 2.45. The molecular formula is C16H26N3O3S+. The molecule has 0 aliphatic carbocycles. The molecule has 2 rings (SSSR count). The van der Waals surface area contributed by atoms with Gasteiger partial charge in [0.15, 0.2) is 6.04 Å². The number of sulfonamides is 1. The summed E-state index contributed by atoms with van der Waals surface area (Å²) in [6.07, 6.45) is 1.22. The van der Waals surface area contributed by atoms with Crippen LogP contribution in [0.1, 0.15) is 27.2 Å². The first-order chi connectivity index (χ1) is 10.7. The topological polar surface area (TPSA) is 93.7 Å². The molecule has 0 saturated carbocycles. The zero-order valence-electron chi connectivity index (χ0n) is 13.9. The zero-order valence-corrected chi connectivity index (χ0v) is 14.7. The minimum atomic E-state index is -3.71. The molecule has 1 aromatic rings. The van der Waals surface area contributed by atoms with Crippen LogP contribution >= 0.6 is 0 Å². The van der Waals surface area contributed by atoms with E-state index in [1.165, 1.54) is 23.5 Å². The van der Waals surface area contributed by atoms with Gasteiger partial charge in [-0.3, -0.25) is 4.79 Å². The van der Waals surface area contributed by atoms with E-state index in [2.05, 4.69) is 19.2 Å². The molecule has 1 saturated heterocycles. The predicted octanol–water partition coefficient (Wildman–Crippen LogP) is 0.222. The smallest absolute Gasteiger partial charge is 0.282 e. The quantitative estimate of drug-likeness (QED) is 0.732. The van der Waals surface area contributed by atoms with Crippen molar-refractivity contribution in [1.82, 2.24) is 0 Å². The summed E-state index contributed by atoms with van der Waals surface area (Å²) in [7, 11) is -3.71. The Hall–Kier alpha value is -1.44. The van der Waals surface area contributed by atoms with E-state index >= 15 is 0 Å². The number of nitrogens with two attached hydrogens (primary N) is 1. The van der Waals surface area contributed by atoms with Crippen molar-refractivity contribution in [2.75, 3.05) is 18.4 Å². The maximum Gasteiger partial charge on any atom is 0.282 e. The maximum absolute atomic E-state index is 12.4. The molecule has 0 bridgehead atoms. The number of hydrogen-bond donors (Lipinski definition) is 3. The number of carbonyl (C=O) groups excluding carboxylic acids is 1. The van der Waals surface area contributed by atoms with E-state index in [0.717, 1.165) is 13.1 Å². The van der Waals surface area contributed by atoms with Crippen LogP contribution in [0.15, 0.2) is 29.2 Å². The third-order valence-corrected chi connectivity index (χ3v) is 5.41. The molecule has 1 heterocycles. The Balaban J connectivity index is 2.01. The zero-order chi connectivity index (χ0) is 17.2. The Morgan fingerprint density at radius 3 is 2.22 bits per heavy atom. The van der Waals surface area contributed by atoms with E-state index in [1.54, 1.807) is 12.1 Å². The number of quaternary nitrogens is 1. The third kappa shape index (κ3) is 4.76. The molecular weight excluding hydrogens is 314 g/mol. The highest BCUT2D eigenvalue weighted by molar-refractivity contribution is 7.89. The summed E-state index contributed by atoms with van der Waals surface area (Å²) in [6.45, 7) is 8.40. The van der Waals surface area contributed by atoms with Crippen molar-refractivity contribution in [3.8, 4) is 0 Å². The van der Waals surface area contributed by atoms with E-state index < -0.39 is 10.0 Å². The van der Waals surface area contributed by atoms with Gasteiger partial charge in [-0.15, -0.1) is 0 Å². The van der Waals surface area contributed by atoms with Crippen LogP contribution in [-0.4, -0.2) is 33.5 Å². The Labute approximate surface area is 138 Å². The van der Waals surface area contributed by atoms with Gasteiger partial charge in [-0.25, -0.2) is 13.6 Å². The van der Waals surface area contributed by atoms with E-state index in [1.807, 2.05) is 6.92 Å². The third-order valence-electron chi connectivity index (χ3n) is 4.48. The van der Waals surface area contributed by atoms with Crippen molar-refractivity contribution in [2.24, 2.45) is 17.0 Å². The van der Waals surface area contributed by atoms with Gasteiger partial charge in [-0.05, 0) is 37.6 Å². The molecule has 4 atom stereocenters. The van der Waals surface area contributed by atoms with Crippen molar-refractivity contribution in [3.63, 3.8) is 0 Å². The molecule has 1 aromatic carbocycles. The highest BCUT2D eigenvalue weighted by Gasteiger charge is 2.32. The lowest BCUT2D eigenvalue weighted by atomic mass is 9.91. The molecule has 0 radical (unpaired) electrons. The number of likely N-dealkylation sites (tertiary alicyclic amines) is 1. The van der Waals surface area contributed by atoms with Gasteiger partial charge < -0.3 is 10.2 Å². The number of amides is 1. The number of primary sulfonamides is 1. The Bertz CT molecular complexity index is 648. The number of carbonyl (C=O) groups is 1. The molecule has 4 N–H and O–H groups in total. The minimum absolute atomic E-state index is 0.0350. The van der Waals surface area contributed by atoms with Gasteiger partial charge in [0.2, 0.25) is 10.0 Å². The van der Waals surface area contributed by atoms with Crippen molar-refractivity contribution in [2.45, 2.75) is 38.1 Å². The normalized spacial score (nSPS) is 26.5. The second-order valence-electron chi connectivity index (χ2n) is 6.79. The van der Waals surface area contributed by atoms with Crippen molar-refractivity contribution in [1.29, 1.82) is 0 Å². The molecule has 0 aromatic heterocycles. The fraction of sp³-hybridized carbons (Fsp3) is 0.562. The van der Waals surface area contributed by atoms with Crippen molar-refractivity contribution in [3.05, 3.63) is 24.3 Å². The molecule has 128 valence electrons. The molecule has 1 fully saturated rings. The van der Waals surface area contributed by atoms with Gasteiger partial charge in [0.05, 0.1) is 18.0 Å². The lowest BCUT2D eigenvalue weighted by Crippen LogP contribution is -3.18. The van der Waals surface area contributed by atoms with Crippen LogP contribution in [0.4, 0.5) is 5.69 Å². The van der Waals surface area contributed by atoms with Gasteiger partial charge in [-0.1, -0.05) is 13.8 Å². The number of rotatable bonds is 4. The second kappa shape index (κ2) is 6.98. The summed E-state index contributed by atoms with van der Waals surface area (Å²) in [5.74, 6) is 1.20. The van der Waals surface area contributed by atoms with Crippen LogP contribution in [-0.2, 0) is 14.8 Å². The maximum atomic E-state index is 12.4. The van der Waals surface area contributed by atoms with Crippen LogP contribution in [0.25, 0.3) is 0 Å². The van der Waals surface area contributed by atoms with Crippen molar-refractivity contribution >= 4 is 21.6 Å². The highest BCUT2D eigenvalue weighted by Crippen LogP contribution is 2.14. The molecule has 1 aliphatic rings. The summed E-state index contributed by atoms with van der Waals surface area (Å²) in [4.78, 5) is 13.8. The molecule has 1 unspecified atom stereocenters. The lowest BCUT2D eigenvalue weighted by Gasteiger charge is -2.35. The Morgan fingerprint density at radius 2 is 1.74 bits per heavy atom. The van der Waals surface area contributed by atoms with Crippen LogP contribution in [0.2, 0.25) is 0 Å². The minimum Gasteiger partial charge on any atom is -0.324 e. The highest BCUT2D eigenvalue weighted by atomic mass is 32.2. The fourth-order valence-corrected chi connectivity index (χ4v) is 3.86. The fourth-order valence-electron chi connectivity index (χ4n) is 3.35. The molecule has 6 nitrogen and oxygen atoms in total. The predicted molar refractivity (Wildman–Crippen MR) is 89.5 cm³/mol. The largest absolute Gasteiger partial charge is 0.324 e.